The Morgan fingerprint density at radius 2 is 2.04 bits per heavy atom. The summed E-state index contributed by atoms with van der Waals surface area (Å²) in [7, 11) is 0. The highest BCUT2D eigenvalue weighted by Crippen LogP contribution is 2.39. The summed E-state index contributed by atoms with van der Waals surface area (Å²) in [4.78, 5) is 35.0. The minimum Gasteiger partial charge on any atom is -0.478 e. The Balaban J connectivity index is 1.98. The van der Waals surface area contributed by atoms with Crippen LogP contribution in [0.4, 0.5) is 5.82 Å². The average Bonchev–Trinajstić information content (AvgIpc) is 2.90. The van der Waals surface area contributed by atoms with E-state index in [1.54, 1.807) is 19.1 Å². The van der Waals surface area contributed by atoms with E-state index < -0.39 is 11.9 Å². The van der Waals surface area contributed by atoms with Crippen LogP contribution >= 0.6 is 0 Å². The van der Waals surface area contributed by atoms with Crippen LogP contribution in [0.25, 0.3) is 0 Å². The number of esters is 1. The zero-order chi connectivity index (χ0) is 18.8. The fourth-order valence-corrected chi connectivity index (χ4v) is 3.20. The fourth-order valence-electron chi connectivity index (χ4n) is 3.20. The molecule has 8 nitrogen and oxygen atoms in total. The summed E-state index contributed by atoms with van der Waals surface area (Å²) >= 11 is 0. The maximum absolute atomic E-state index is 12.2. The predicted octanol–water partition coefficient (Wildman–Crippen LogP) is 1.93. The molecule has 2 N–H and O–H groups in total. The van der Waals surface area contributed by atoms with E-state index in [1.165, 1.54) is 16.8 Å². The lowest BCUT2D eigenvalue weighted by atomic mass is 9.85. The van der Waals surface area contributed by atoms with Crippen molar-refractivity contribution in [2.75, 3.05) is 11.9 Å². The molecule has 1 aliphatic rings. The molecule has 0 spiro atoms. The average molecular weight is 357 g/mol. The van der Waals surface area contributed by atoms with E-state index in [2.05, 4.69) is 10.4 Å². The normalized spacial score (nSPS) is 15.9. The number of carbonyl (C=O) groups is 3. The standard InChI is InChI=1S/C18H19N3O5/c1-3-26-15(23)9-21-17-16(10(2)20-21)13(8-14(22)19-17)11-4-6-12(7-5-11)18(24)25/h4-7,13H,3,8-9H2,1-2H3,(H,19,22)(H,24,25)/t13-/m1/s1. The Morgan fingerprint density at radius 3 is 2.65 bits per heavy atom. The minimum absolute atomic E-state index is 0.0883. The van der Waals surface area contributed by atoms with E-state index in [-0.39, 0.29) is 37.0 Å². The number of amides is 1. The van der Waals surface area contributed by atoms with Crippen molar-refractivity contribution in [3.63, 3.8) is 0 Å². The first-order valence-corrected chi connectivity index (χ1v) is 8.26. The minimum atomic E-state index is -1.00. The van der Waals surface area contributed by atoms with E-state index in [1.807, 2.05) is 6.92 Å². The number of nitrogens with one attached hydrogen (secondary N) is 1. The van der Waals surface area contributed by atoms with Crippen molar-refractivity contribution in [2.45, 2.75) is 32.7 Å². The SMILES string of the molecule is CCOC(=O)Cn1nc(C)c2c1NC(=O)C[C@@H]2c1ccc(C(=O)O)cc1. The third kappa shape index (κ3) is 3.30. The monoisotopic (exact) mass is 357 g/mol. The van der Waals surface area contributed by atoms with Crippen LogP contribution in [-0.2, 0) is 20.9 Å². The second-order valence-electron chi connectivity index (χ2n) is 6.04. The molecule has 8 heteroatoms. The number of hydrogen-bond acceptors (Lipinski definition) is 5. The van der Waals surface area contributed by atoms with Crippen LogP contribution in [-0.4, -0.2) is 39.3 Å². The lowest BCUT2D eigenvalue weighted by Crippen LogP contribution is -2.26. The van der Waals surface area contributed by atoms with E-state index in [4.69, 9.17) is 9.84 Å². The van der Waals surface area contributed by atoms with E-state index in [9.17, 15) is 14.4 Å². The van der Waals surface area contributed by atoms with Crippen LogP contribution < -0.4 is 5.32 Å². The summed E-state index contributed by atoms with van der Waals surface area (Å²) < 4.78 is 6.39. The first-order valence-electron chi connectivity index (χ1n) is 8.26. The van der Waals surface area contributed by atoms with Gasteiger partial charge < -0.3 is 15.2 Å². The highest BCUT2D eigenvalue weighted by Gasteiger charge is 2.32. The number of carbonyl (C=O) groups excluding carboxylic acids is 2. The number of fused-ring (bicyclic) bond motifs is 1. The van der Waals surface area contributed by atoms with Gasteiger partial charge in [0.25, 0.3) is 0 Å². The first kappa shape index (κ1) is 17.7. The maximum Gasteiger partial charge on any atom is 0.335 e. The van der Waals surface area contributed by atoms with E-state index >= 15 is 0 Å². The second kappa shape index (κ2) is 6.99. The number of benzene rings is 1. The van der Waals surface area contributed by atoms with Crippen LogP contribution in [0.1, 0.15) is 46.4 Å². The van der Waals surface area contributed by atoms with E-state index in [0.717, 1.165) is 11.1 Å². The summed E-state index contributed by atoms with van der Waals surface area (Å²) in [5, 5.41) is 16.2. The van der Waals surface area contributed by atoms with Crippen LogP contribution in [0.3, 0.4) is 0 Å². The molecule has 0 radical (unpaired) electrons. The number of aryl methyl sites for hydroxylation is 1. The summed E-state index contributed by atoms with van der Waals surface area (Å²) in [6.45, 7) is 3.72. The second-order valence-corrected chi connectivity index (χ2v) is 6.04. The molecule has 2 aromatic rings. The van der Waals surface area contributed by atoms with Gasteiger partial charge in [-0.25, -0.2) is 9.48 Å². The predicted molar refractivity (Wildman–Crippen MR) is 92.1 cm³/mol. The Labute approximate surface area is 149 Å². The van der Waals surface area contributed by atoms with Crippen molar-refractivity contribution in [2.24, 2.45) is 0 Å². The molecule has 1 aliphatic heterocycles. The summed E-state index contributed by atoms with van der Waals surface area (Å²) in [6, 6.07) is 6.45. The van der Waals surface area contributed by atoms with Crippen LogP contribution in [0.2, 0.25) is 0 Å². The number of rotatable bonds is 5. The number of aromatic nitrogens is 2. The van der Waals surface area contributed by atoms with Gasteiger partial charge in [-0.3, -0.25) is 9.59 Å². The Hall–Kier alpha value is -3.16. The largest absolute Gasteiger partial charge is 0.478 e. The van der Waals surface area contributed by atoms with Gasteiger partial charge in [0, 0.05) is 17.9 Å². The molecule has 1 aromatic carbocycles. The molecule has 3 rings (SSSR count). The molecule has 26 heavy (non-hydrogen) atoms. The summed E-state index contributed by atoms with van der Waals surface area (Å²) in [5.74, 6) is -1.39. The quantitative estimate of drug-likeness (QED) is 0.791. The Morgan fingerprint density at radius 1 is 1.35 bits per heavy atom. The van der Waals surface area contributed by atoms with Gasteiger partial charge >= 0.3 is 11.9 Å². The number of carboxylic acid groups (broad SMARTS) is 1. The van der Waals surface area contributed by atoms with Gasteiger partial charge in [0.05, 0.1) is 17.9 Å². The molecule has 0 bridgehead atoms. The summed E-state index contributed by atoms with van der Waals surface area (Å²) in [5.41, 5.74) is 2.54. The maximum atomic E-state index is 12.2. The van der Waals surface area contributed by atoms with Crippen LogP contribution in [0.5, 0.6) is 0 Å². The Kier molecular flexibility index (Phi) is 4.75. The summed E-state index contributed by atoms with van der Waals surface area (Å²) in [6.07, 6.45) is 0.228. The molecule has 0 fully saturated rings. The molecule has 0 saturated heterocycles. The number of hydrogen-bond donors (Lipinski definition) is 2. The number of nitrogens with zero attached hydrogens (tertiary/aromatic N) is 2. The van der Waals surface area contributed by atoms with Crippen molar-refractivity contribution in [1.82, 2.24) is 9.78 Å². The van der Waals surface area contributed by atoms with Crippen LogP contribution in [0, 0.1) is 6.92 Å². The molecule has 0 saturated carbocycles. The van der Waals surface area contributed by atoms with Gasteiger partial charge in [-0.15, -0.1) is 0 Å². The van der Waals surface area contributed by atoms with Gasteiger partial charge in [0.15, 0.2) is 0 Å². The first-order chi connectivity index (χ1) is 12.4. The topological polar surface area (TPSA) is 111 Å². The molecule has 1 atom stereocenters. The van der Waals surface area contributed by atoms with Crippen molar-refractivity contribution >= 4 is 23.7 Å². The van der Waals surface area contributed by atoms with Crippen LogP contribution in [0.15, 0.2) is 24.3 Å². The molecular formula is C18H19N3O5. The zero-order valence-electron chi connectivity index (χ0n) is 14.5. The zero-order valence-corrected chi connectivity index (χ0v) is 14.5. The van der Waals surface area contributed by atoms with Gasteiger partial charge in [-0.05, 0) is 31.5 Å². The van der Waals surface area contributed by atoms with E-state index in [0.29, 0.717) is 11.5 Å². The number of ether oxygens (including phenoxy) is 1. The van der Waals surface area contributed by atoms with Crippen molar-refractivity contribution in [1.29, 1.82) is 0 Å². The molecular weight excluding hydrogens is 338 g/mol. The highest BCUT2D eigenvalue weighted by atomic mass is 16.5. The van der Waals surface area contributed by atoms with Gasteiger partial charge in [-0.1, -0.05) is 12.1 Å². The molecule has 1 aromatic heterocycles. The highest BCUT2D eigenvalue weighted by molar-refractivity contribution is 5.95. The Bertz CT molecular complexity index is 870. The molecule has 1 amide bonds. The van der Waals surface area contributed by atoms with Crippen molar-refractivity contribution < 1.29 is 24.2 Å². The lowest BCUT2D eigenvalue weighted by molar-refractivity contribution is -0.144. The molecule has 136 valence electrons. The van der Waals surface area contributed by atoms with Crippen molar-refractivity contribution in [3.05, 3.63) is 46.6 Å². The lowest BCUT2D eigenvalue weighted by Gasteiger charge is -2.24. The van der Waals surface area contributed by atoms with Gasteiger partial charge in [0.1, 0.15) is 12.4 Å². The number of anilines is 1. The fraction of sp³-hybridized carbons (Fsp3) is 0.333. The van der Waals surface area contributed by atoms with Gasteiger partial charge in [-0.2, -0.15) is 5.10 Å². The molecule has 0 aliphatic carbocycles. The molecule has 2 heterocycles. The third-order valence-corrected chi connectivity index (χ3v) is 4.31. The van der Waals surface area contributed by atoms with Gasteiger partial charge in [0.2, 0.25) is 5.91 Å². The smallest absolute Gasteiger partial charge is 0.335 e. The number of carboxylic acids is 1. The van der Waals surface area contributed by atoms with Crippen molar-refractivity contribution in [3.8, 4) is 0 Å². The molecule has 0 unspecified atom stereocenters. The number of aromatic carboxylic acids is 1. The third-order valence-electron chi connectivity index (χ3n) is 4.31.